The number of anilines is 2. The van der Waals surface area contributed by atoms with E-state index in [-0.39, 0.29) is 11.8 Å². The lowest BCUT2D eigenvalue weighted by molar-refractivity contribution is 0.230. The van der Waals surface area contributed by atoms with E-state index in [1.165, 1.54) is 0 Å². The highest BCUT2D eigenvalue weighted by Crippen LogP contribution is 2.32. The summed E-state index contributed by atoms with van der Waals surface area (Å²) in [5.41, 5.74) is 0.949. The zero-order chi connectivity index (χ0) is 16.1. The van der Waals surface area contributed by atoms with Crippen LogP contribution in [0.5, 0.6) is 11.5 Å². The summed E-state index contributed by atoms with van der Waals surface area (Å²) in [6.07, 6.45) is 0.0591. The predicted octanol–water partition coefficient (Wildman–Crippen LogP) is 4.15. The van der Waals surface area contributed by atoms with Crippen LogP contribution in [0.3, 0.4) is 0 Å². The minimum Gasteiger partial charge on any atom is -0.493 e. The van der Waals surface area contributed by atoms with E-state index >= 15 is 0 Å². The summed E-state index contributed by atoms with van der Waals surface area (Å²) >= 11 is 5.87. The number of methoxy groups -OCH3 is 1. The van der Waals surface area contributed by atoms with Gasteiger partial charge in [0, 0.05) is 11.8 Å². The Morgan fingerprint density at radius 2 is 2.00 bits per heavy atom. The molecule has 0 saturated heterocycles. The zero-order valence-corrected chi connectivity index (χ0v) is 13.3. The van der Waals surface area contributed by atoms with Crippen LogP contribution in [-0.4, -0.2) is 18.2 Å². The molecule has 2 rings (SSSR count). The van der Waals surface area contributed by atoms with Crippen molar-refractivity contribution in [2.24, 2.45) is 0 Å². The Hall–Kier alpha value is -2.45. The van der Waals surface area contributed by atoms with Gasteiger partial charge < -0.3 is 14.8 Å². The van der Waals surface area contributed by atoms with Crippen LogP contribution in [0.15, 0.2) is 30.3 Å². The number of benzene rings is 1. The number of hydrogen-bond acceptors (Lipinski definition) is 5. The van der Waals surface area contributed by atoms with Crippen LogP contribution in [0, 0.1) is 11.3 Å². The van der Waals surface area contributed by atoms with E-state index in [1.54, 1.807) is 25.3 Å². The van der Waals surface area contributed by atoms with Gasteiger partial charge in [0.1, 0.15) is 11.9 Å². The van der Waals surface area contributed by atoms with Crippen LogP contribution in [-0.2, 0) is 0 Å². The molecule has 0 bridgehead atoms. The number of nitriles is 1. The molecule has 0 aliphatic heterocycles. The maximum atomic E-state index is 8.95. The van der Waals surface area contributed by atoms with Gasteiger partial charge in [0.25, 0.3) is 0 Å². The monoisotopic (exact) mass is 317 g/mol. The van der Waals surface area contributed by atoms with Crippen molar-refractivity contribution in [2.75, 3.05) is 12.4 Å². The predicted molar refractivity (Wildman–Crippen MR) is 86.0 cm³/mol. The van der Waals surface area contributed by atoms with E-state index < -0.39 is 0 Å². The van der Waals surface area contributed by atoms with E-state index in [0.717, 1.165) is 5.69 Å². The number of pyridine rings is 1. The van der Waals surface area contributed by atoms with Gasteiger partial charge in [-0.05, 0) is 38.1 Å². The first-order valence-corrected chi connectivity index (χ1v) is 7.09. The Morgan fingerprint density at radius 1 is 1.23 bits per heavy atom. The van der Waals surface area contributed by atoms with Gasteiger partial charge in [0.05, 0.1) is 18.2 Å². The number of ether oxygens (including phenoxy) is 2. The summed E-state index contributed by atoms with van der Waals surface area (Å²) in [5.74, 6) is 1.82. The maximum absolute atomic E-state index is 8.95. The van der Waals surface area contributed by atoms with E-state index in [2.05, 4.69) is 10.3 Å². The Labute approximate surface area is 134 Å². The largest absolute Gasteiger partial charge is 0.493 e. The van der Waals surface area contributed by atoms with Crippen LogP contribution < -0.4 is 14.8 Å². The molecule has 0 saturated carbocycles. The Balaban J connectivity index is 2.25. The molecule has 22 heavy (non-hydrogen) atoms. The second kappa shape index (κ2) is 7.01. The summed E-state index contributed by atoms with van der Waals surface area (Å²) in [7, 11) is 1.58. The molecule has 0 unspecified atom stereocenters. The van der Waals surface area contributed by atoms with E-state index in [1.807, 2.05) is 32.0 Å². The average molecular weight is 318 g/mol. The van der Waals surface area contributed by atoms with Crippen molar-refractivity contribution < 1.29 is 9.47 Å². The molecule has 0 atom stereocenters. The Bertz CT molecular complexity index is 711. The Kier molecular flexibility index (Phi) is 5.08. The van der Waals surface area contributed by atoms with Crippen molar-refractivity contribution >= 4 is 23.1 Å². The number of hydrogen-bond donors (Lipinski definition) is 1. The molecule has 1 aromatic heterocycles. The first-order chi connectivity index (χ1) is 10.5. The van der Waals surface area contributed by atoms with Crippen LogP contribution >= 0.6 is 11.6 Å². The first kappa shape index (κ1) is 15.9. The number of nitrogens with zero attached hydrogens (tertiary/aromatic N) is 2. The summed E-state index contributed by atoms with van der Waals surface area (Å²) in [6.45, 7) is 3.90. The van der Waals surface area contributed by atoms with Crippen LogP contribution in [0.25, 0.3) is 0 Å². The fourth-order valence-electron chi connectivity index (χ4n) is 1.83. The van der Waals surface area contributed by atoms with Gasteiger partial charge >= 0.3 is 0 Å². The average Bonchev–Trinajstić information content (AvgIpc) is 2.50. The second-order valence-electron chi connectivity index (χ2n) is 4.80. The van der Waals surface area contributed by atoms with Gasteiger partial charge in [-0.15, -0.1) is 0 Å². The van der Waals surface area contributed by atoms with Crippen molar-refractivity contribution in [2.45, 2.75) is 20.0 Å². The first-order valence-electron chi connectivity index (χ1n) is 6.72. The van der Waals surface area contributed by atoms with Crippen LogP contribution in [0.2, 0.25) is 5.02 Å². The molecule has 0 aliphatic rings. The molecule has 114 valence electrons. The molecule has 0 radical (unpaired) electrons. The van der Waals surface area contributed by atoms with Crippen molar-refractivity contribution in [3.8, 4) is 17.6 Å². The summed E-state index contributed by atoms with van der Waals surface area (Å²) in [6, 6.07) is 10.8. The third-order valence-electron chi connectivity index (χ3n) is 2.75. The molecule has 1 heterocycles. The molecule has 1 N–H and O–H groups in total. The van der Waals surface area contributed by atoms with E-state index in [0.29, 0.717) is 22.3 Å². The number of halogens is 1. The highest BCUT2D eigenvalue weighted by atomic mass is 35.5. The maximum Gasteiger partial charge on any atom is 0.162 e. The summed E-state index contributed by atoms with van der Waals surface area (Å²) in [5, 5.41) is 12.4. The lowest BCUT2D eigenvalue weighted by Gasteiger charge is -2.15. The molecular formula is C16H16ClN3O2. The van der Waals surface area contributed by atoms with Gasteiger partial charge in [-0.25, -0.2) is 4.98 Å². The van der Waals surface area contributed by atoms with Crippen LogP contribution in [0.4, 0.5) is 11.5 Å². The summed E-state index contributed by atoms with van der Waals surface area (Å²) < 4.78 is 11.0. The van der Waals surface area contributed by atoms with Gasteiger partial charge in [-0.2, -0.15) is 5.26 Å². The SMILES string of the molecule is COc1cc(Nc2ccc(Cl)c(C#N)n2)ccc1OC(C)C. The molecule has 6 heteroatoms. The van der Waals surface area contributed by atoms with Crippen molar-refractivity contribution in [3.05, 3.63) is 41.0 Å². The smallest absolute Gasteiger partial charge is 0.162 e. The van der Waals surface area contributed by atoms with E-state index in [9.17, 15) is 0 Å². The minimum atomic E-state index is 0.0591. The quantitative estimate of drug-likeness (QED) is 0.897. The molecule has 5 nitrogen and oxygen atoms in total. The zero-order valence-electron chi connectivity index (χ0n) is 12.6. The van der Waals surface area contributed by atoms with Gasteiger partial charge in [-0.3, -0.25) is 0 Å². The third-order valence-corrected chi connectivity index (χ3v) is 3.06. The highest BCUT2D eigenvalue weighted by molar-refractivity contribution is 6.31. The number of rotatable bonds is 5. The van der Waals surface area contributed by atoms with Gasteiger partial charge in [0.15, 0.2) is 17.2 Å². The molecule has 0 spiro atoms. The fourth-order valence-corrected chi connectivity index (χ4v) is 1.98. The van der Waals surface area contributed by atoms with Gasteiger partial charge in [0.2, 0.25) is 0 Å². The van der Waals surface area contributed by atoms with E-state index in [4.69, 9.17) is 26.3 Å². The Morgan fingerprint density at radius 3 is 2.64 bits per heavy atom. The number of nitrogens with one attached hydrogen (secondary N) is 1. The van der Waals surface area contributed by atoms with Crippen molar-refractivity contribution in [1.82, 2.24) is 4.98 Å². The second-order valence-corrected chi connectivity index (χ2v) is 5.20. The number of aromatic nitrogens is 1. The third kappa shape index (κ3) is 3.80. The molecule has 0 fully saturated rings. The molecular weight excluding hydrogens is 302 g/mol. The standard InChI is InChI=1S/C16H16ClN3O2/c1-10(2)22-14-6-4-11(8-15(14)21-3)19-16-7-5-12(17)13(9-18)20-16/h4-8,10H,1-3H3,(H,19,20). The molecule has 2 aromatic rings. The normalized spacial score (nSPS) is 10.2. The minimum absolute atomic E-state index is 0.0591. The fraction of sp³-hybridized carbons (Fsp3) is 0.250. The lowest BCUT2D eigenvalue weighted by atomic mass is 10.2. The lowest BCUT2D eigenvalue weighted by Crippen LogP contribution is -2.07. The molecule has 0 amide bonds. The van der Waals surface area contributed by atoms with Crippen LogP contribution in [0.1, 0.15) is 19.5 Å². The highest BCUT2D eigenvalue weighted by Gasteiger charge is 2.09. The van der Waals surface area contributed by atoms with Gasteiger partial charge in [-0.1, -0.05) is 11.6 Å². The molecule has 0 aliphatic carbocycles. The summed E-state index contributed by atoms with van der Waals surface area (Å²) in [4.78, 5) is 4.14. The topological polar surface area (TPSA) is 67.2 Å². The van der Waals surface area contributed by atoms with Crippen molar-refractivity contribution in [1.29, 1.82) is 5.26 Å². The molecule has 1 aromatic carbocycles. The van der Waals surface area contributed by atoms with Crippen molar-refractivity contribution in [3.63, 3.8) is 0 Å².